The van der Waals surface area contributed by atoms with Gasteiger partial charge in [-0.2, -0.15) is 0 Å². The number of hydrogen-bond donors (Lipinski definition) is 1. The SMILES string of the molecule is CN(C)CC1CCN(CC2CCCC2CN)CC1. The minimum absolute atomic E-state index is 0.810. The van der Waals surface area contributed by atoms with E-state index in [1.807, 2.05) is 0 Å². The zero-order valence-corrected chi connectivity index (χ0v) is 12.3. The molecule has 1 aliphatic heterocycles. The molecule has 2 N–H and O–H groups in total. The summed E-state index contributed by atoms with van der Waals surface area (Å²) in [6.07, 6.45) is 6.97. The van der Waals surface area contributed by atoms with Crippen molar-refractivity contribution in [1.82, 2.24) is 9.80 Å². The Morgan fingerprint density at radius 2 is 1.72 bits per heavy atom. The van der Waals surface area contributed by atoms with Crippen LogP contribution >= 0.6 is 0 Å². The normalized spacial score (nSPS) is 31.3. The molecule has 3 nitrogen and oxygen atoms in total. The maximum Gasteiger partial charge on any atom is 0.00128 e. The average Bonchev–Trinajstić information content (AvgIpc) is 2.78. The molecule has 1 aliphatic carbocycles. The van der Waals surface area contributed by atoms with Gasteiger partial charge in [-0.15, -0.1) is 0 Å². The van der Waals surface area contributed by atoms with Gasteiger partial charge < -0.3 is 15.5 Å². The van der Waals surface area contributed by atoms with Crippen molar-refractivity contribution < 1.29 is 0 Å². The molecule has 2 rings (SSSR count). The lowest BCUT2D eigenvalue weighted by Crippen LogP contribution is -2.40. The third-order valence-electron chi connectivity index (χ3n) is 4.94. The van der Waals surface area contributed by atoms with Gasteiger partial charge in [-0.1, -0.05) is 6.42 Å². The van der Waals surface area contributed by atoms with Crippen LogP contribution in [-0.4, -0.2) is 56.6 Å². The Kier molecular flexibility index (Phi) is 5.46. The molecule has 0 radical (unpaired) electrons. The minimum Gasteiger partial charge on any atom is -0.330 e. The van der Waals surface area contributed by atoms with Crippen LogP contribution in [0.4, 0.5) is 0 Å². The molecule has 1 saturated carbocycles. The summed E-state index contributed by atoms with van der Waals surface area (Å²) in [7, 11) is 4.38. The van der Waals surface area contributed by atoms with Crippen molar-refractivity contribution in [2.75, 3.05) is 46.8 Å². The number of rotatable bonds is 5. The third kappa shape index (κ3) is 3.94. The second-order valence-electron chi connectivity index (χ2n) is 6.69. The molecule has 2 fully saturated rings. The van der Waals surface area contributed by atoms with Crippen molar-refractivity contribution in [3.63, 3.8) is 0 Å². The highest BCUT2D eigenvalue weighted by Gasteiger charge is 2.29. The summed E-state index contributed by atoms with van der Waals surface area (Å²) in [5.41, 5.74) is 5.88. The van der Waals surface area contributed by atoms with Crippen molar-refractivity contribution in [2.45, 2.75) is 32.1 Å². The van der Waals surface area contributed by atoms with E-state index in [1.165, 1.54) is 58.3 Å². The lowest BCUT2D eigenvalue weighted by Gasteiger charge is -2.35. The van der Waals surface area contributed by atoms with Gasteiger partial charge in [-0.3, -0.25) is 0 Å². The van der Waals surface area contributed by atoms with E-state index < -0.39 is 0 Å². The number of likely N-dealkylation sites (tertiary alicyclic amines) is 1. The van der Waals surface area contributed by atoms with Crippen molar-refractivity contribution in [3.05, 3.63) is 0 Å². The molecule has 3 heteroatoms. The third-order valence-corrected chi connectivity index (χ3v) is 4.94. The van der Waals surface area contributed by atoms with Crippen LogP contribution in [0, 0.1) is 17.8 Å². The topological polar surface area (TPSA) is 32.5 Å². The first kappa shape index (κ1) is 14.3. The standard InChI is InChI=1S/C15H31N3/c1-17(2)11-13-6-8-18(9-7-13)12-15-5-3-4-14(15)10-16/h13-15H,3-12,16H2,1-2H3. The summed E-state index contributed by atoms with van der Waals surface area (Å²) in [6, 6.07) is 0. The van der Waals surface area contributed by atoms with Crippen LogP contribution in [0.1, 0.15) is 32.1 Å². The van der Waals surface area contributed by atoms with Crippen LogP contribution in [0.5, 0.6) is 0 Å². The smallest absolute Gasteiger partial charge is 0.00128 e. The average molecular weight is 253 g/mol. The first-order valence-corrected chi connectivity index (χ1v) is 7.76. The largest absolute Gasteiger partial charge is 0.330 e. The lowest BCUT2D eigenvalue weighted by molar-refractivity contribution is 0.135. The molecule has 0 spiro atoms. The van der Waals surface area contributed by atoms with Crippen LogP contribution in [-0.2, 0) is 0 Å². The molecule has 0 aromatic rings. The zero-order valence-electron chi connectivity index (χ0n) is 12.3. The fourth-order valence-electron chi connectivity index (χ4n) is 3.86. The Balaban J connectivity index is 1.70. The molecule has 106 valence electrons. The van der Waals surface area contributed by atoms with E-state index >= 15 is 0 Å². The Morgan fingerprint density at radius 3 is 2.33 bits per heavy atom. The van der Waals surface area contributed by atoms with E-state index in [1.54, 1.807) is 0 Å². The number of nitrogens with two attached hydrogens (primary N) is 1. The predicted molar refractivity (Wildman–Crippen MR) is 77.6 cm³/mol. The predicted octanol–water partition coefficient (Wildman–Crippen LogP) is 1.64. The monoisotopic (exact) mass is 253 g/mol. The Bertz CT molecular complexity index is 234. The van der Waals surface area contributed by atoms with Crippen LogP contribution in [0.25, 0.3) is 0 Å². The van der Waals surface area contributed by atoms with Gasteiger partial charge in [-0.05, 0) is 77.2 Å². The fourth-order valence-corrected chi connectivity index (χ4v) is 3.86. The highest BCUT2D eigenvalue weighted by molar-refractivity contribution is 4.82. The van der Waals surface area contributed by atoms with Gasteiger partial charge in [0, 0.05) is 13.1 Å². The molecule has 1 saturated heterocycles. The van der Waals surface area contributed by atoms with Gasteiger partial charge in [0.05, 0.1) is 0 Å². The van der Waals surface area contributed by atoms with Gasteiger partial charge in [0.15, 0.2) is 0 Å². The van der Waals surface area contributed by atoms with Gasteiger partial charge in [0.25, 0.3) is 0 Å². The van der Waals surface area contributed by atoms with Crippen LogP contribution in [0.15, 0.2) is 0 Å². The highest BCUT2D eigenvalue weighted by atomic mass is 15.1. The van der Waals surface area contributed by atoms with Crippen molar-refractivity contribution >= 4 is 0 Å². The molecular formula is C15H31N3. The highest BCUT2D eigenvalue weighted by Crippen LogP contribution is 2.32. The molecule has 2 aliphatic rings. The van der Waals surface area contributed by atoms with Crippen molar-refractivity contribution in [2.24, 2.45) is 23.5 Å². The number of nitrogens with zero attached hydrogens (tertiary/aromatic N) is 2. The van der Waals surface area contributed by atoms with Crippen LogP contribution in [0.2, 0.25) is 0 Å². The van der Waals surface area contributed by atoms with E-state index in [9.17, 15) is 0 Å². The number of hydrogen-bond acceptors (Lipinski definition) is 3. The minimum atomic E-state index is 0.810. The van der Waals surface area contributed by atoms with Crippen LogP contribution in [0.3, 0.4) is 0 Å². The van der Waals surface area contributed by atoms with Gasteiger partial charge in [0.2, 0.25) is 0 Å². The Morgan fingerprint density at radius 1 is 1.06 bits per heavy atom. The summed E-state index contributed by atoms with van der Waals surface area (Å²) in [6.45, 7) is 6.11. The molecule has 0 bridgehead atoms. The second kappa shape index (κ2) is 6.88. The molecule has 0 amide bonds. The summed E-state index contributed by atoms with van der Waals surface area (Å²) in [5, 5.41) is 0. The van der Waals surface area contributed by atoms with Gasteiger partial charge >= 0.3 is 0 Å². The van der Waals surface area contributed by atoms with Crippen molar-refractivity contribution in [3.8, 4) is 0 Å². The molecule has 2 atom stereocenters. The van der Waals surface area contributed by atoms with Crippen LogP contribution < -0.4 is 5.73 Å². The maximum atomic E-state index is 5.88. The molecule has 18 heavy (non-hydrogen) atoms. The first-order chi connectivity index (χ1) is 8.69. The summed E-state index contributed by atoms with van der Waals surface area (Å²) < 4.78 is 0. The number of piperidine rings is 1. The quantitative estimate of drug-likeness (QED) is 0.808. The van der Waals surface area contributed by atoms with E-state index in [4.69, 9.17) is 5.73 Å². The molecule has 1 heterocycles. The fraction of sp³-hybridized carbons (Fsp3) is 1.00. The van der Waals surface area contributed by atoms with E-state index in [0.29, 0.717) is 0 Å². The second-order valence-corrected chi connectivity index (χ2v) is 6.69. The summed E-state index contributed by atoms with van der Waals surface area (Å²) in [5.74, 6) is 2.62. The Labute approximate surface area is 113 Å². The Hall–Kier alpha value is -0.120. The molecule has 0 aromatic heterocycles. The zero-order chi connectivity index (χ0) is 13.0. The molecular weight excluding hydrogens is 222 g/mol. The van der Waals surface area contributed by atoms with E-state index in [-0.39, 0.29) is 0 Å². The van der Waals surface area contributed by atoms with Gasteiger partial charge in [-0.25, -0.2) is 0 Å². The summed E-state index contributed by atoms with van der Waals surface area (Å²) >= 11 is 0. The van der Waals surface area contributed by atoms with E-state index in [2.05, 4.69) is 23.9 Å². The summed E-state index contributed by atoms with van der Waals surface area (Å²) in [4.78, 5) is 5.03. The lowest BCUT2D eigenvalue weighted by atomic mass is 9.92. The van der Waals surface area contributed by atoms with E-state index in [0.717, 1.165) is 24.3 Å². The molecule has 0 aromatic carbocycles. The molecule has 2 unspecified atom stereocenters. The first-order valence-electron chi connectivity index (χ1n) is 7.76. The van der Waals surface area contributed by atoms with Gasteiger partial charge in [0.1, 0.15) is 0 Å². The maximum absolute atomic E-state index is 5.88. The van der Waals surface area contributed by atoms with Crippen molar-refractivity contribution in [1.29, 1.82) is 0 Å².